The van der Waals surface area contributed by atoms with Gasteiger partial charge >= 0.3 is 5.97 Å². The zero-order valence-corrected chi connectivity index (χ0v) is 16.8. The Morgan fingerprint density at radius 3 is 2.52 bits per heavy atom. The Kier molecular flexibility index (Phi) is 6.00. The highest BCUT2D eigenvalue weighted by Crippen LogP contribution is 2.31. The van der Waals surface area contributed by atoms with Crippen LogP contribution >= 0.6 is 11.6 Å². The third-order valence-corrected chi connectivity index (χ3v) is 5.81. The van der Waals surface area contributed by atoms with Crippen LogP contribution in [0.5, 0.6) is 5.75 Å². The Morgan fingerprint density at radius 2 is 1.93 bits per heavy atom. The zero-order chi connectivity index (χ0) is 21.0. The number of methoxy groups -OCH3 is 1. The van der Waals surface area contributed by atoms with Crippen molar-refractivity contribution < 1.29 is 27.5 Å². The standard InChI is InChI=1S/C19H17ClN2O6S/c1-27-13-6-4-12(5-7-13)22-29(25,26)18-9-15(19(23)24)17(10-16(18)20)21-11-14-3-2-8-28-14/h2-10,21-22H,11H2,1H3,(H,23,24). The van der Waals surface area contributed by atoms with E-state index in [4.69, 9.17) is 20.8 Å². The lowest BCUT2D eigenvalue weighted by Crippen LogP contribution is -2.15. The number of hydrogen-bond acceptors (Lipinski definition) is 6. The van der Waals surface area contributed by atoms with E-state index in [1.807, 2.05) is 0 Å². The van der Waals surface area contributed by atoms with Gasteiger partial charge in [-0.05, 0) is 48.5 Å². The van der Waals surface area contributed by atoms with Gasteiger partial charge in [-0.3, -0.25) is 4.72 Å². The number of hydrogen-bond donors (Lipinski definition) is 3. The van der Waals surface area contributed by atoms with Crippen molar-refractivity contribution in [2.45, 2.75) is 11.4 Å². The third-order valence-electron chi connectivity index (χ3n) is 3.97. The van der Waals surface area contributed by atoms with Crippen molar-refractivity contribution in [1.82, 2.24) is 0 Å². The summed E-state index contributed by atoms with van der Waals surface area (Å²) in [6, 6.07) is 11.9. The lowest BCUT2D eigenvalue weighted by atomic mass is 10.1. The zero-order valence-electron chi connectivity index (χ0n) is 15.2. The van der Waals surface area contributed by atoms with Crippen LogP contribution in [0, 0.1) is 0 Å². The van der Waals surface area contributed by atoms with Crippen LogP contribution < -0.4 is 14.8 Å². The summed E-state index contributed by atoms with van der Waals surface area (Å²) in [4.78, 5) is 11.3. The number of aromatic carboxylic acids is 1. The number of benzene rings is 2. The molecule has 8 nitrogen and oxygen atoms in total. The van der Waals surface area contributed by atoms with E-state index in [2.05, 4.69) is 10.0 Å². The van der Waals surface area contributed by atoms with Gasteiger partial charge in [-0.1, -0.05) is 11.6 Å². The molecule has 1 heterocycles. The number of carboxylic acids is 1. The average molecular weight is 437 g/mol. The minimum absolute atomic E-state index is 0.127. The quantitative estimate of drug-likeness (QED) is 0.487. The molecule has 0 aliphatic carbocycles. The molecule has 0 unspecified atom stereocenters. The van der Waals surface area contributed by atoms with Crippen LogP contribution in [0.25, 0.3) is 0 Å². The second-order valence-corrected chi connectivity index (χ2v) is 7.96. The molecule has 1 aromatic heterocycles. The van der Waals surface area contributed by atoms with Gasteiger partial charge in [0.1, 0.15) is 16.4 Å². The van der Waals surface area contributed by atoms with Gasteiger partial charge in [-0.25, -0.2) is 13.2 Å². The maximum absolute atomic E-state index is 12.8. The molecule has 0 atom stereocenters. The van der Waals surface area contributed by atoms with E-state index >= 15 is 0 Å². The molecule has 152 valence electrons. The fourth-order valence-corrected chi connectivity index (χ4v) is 4.16. The Labute approximate surface area is 172 Å². The highest BCUT2D eigenvalue weighted by atomic mass is 35.5. The molecule has 3 rings (SSSR count). The number of sulfonamides is 1. The fourth-order valence-electron chi connectivity index (χ4n) is 2.55. The Morgan fingerprint density at radius 1 is 1.21 bits per heavy atom. The number of carbonyl (C=O) groups is 1. The molecule has 29 heavy (non-hydrogen) atoms. The van der Waals surface area contributed by atoms with Crippen LogP contribution in [0.2, 0.25) is 5.02 Å². The molecule has 0 bridgehead atoms. The SMILES string of the molecule is COc1ccc(NS(=O)(=O)c2cc(C(=O)O)c(NCc3ccco3)cc2Cl)cc1. The second-order valence-electron chi connectivity index (χ2n) is 5.90. The lowest BCUT2D eigenvalue weighted by Gasteiger charge is -2.14. The van der Waals surface area contributed by atoms with Crippen molar-refractivity contribution in [3.63, 3.8) is 0 Å². The first-order valence-electron chi connectivity index (χ1n) is 8.30. The maximum atomic E-state index is 12.8. The summed E-state index contributed by atoms with van der Waals surface area (Å²) >= 11 is 6.17. The first-order valence-corrected chi connectivity index (χ1v) is 10.2. The molecule has 0 aliphatic heterocycles. The lowest BCUT2D eigenvalue weighted by molar-refractivity contribution is 0.0697. The highest BCUT2D eigenvalue weighted by molar-refractivity contribution is 7.92. The molecule has 0 aliphatic rings. The van der Waals surface area contributed by atoms with Gasteiger partial charge in [0.2, 0.25) is 0 Å². The van der Waals surface area contributed by atoms with Crippen molar-refractivity contribution in [2.75, 3.05) is 17.1 Å². The topological polar surface area (TPSA) is 118 Å². The summed E-state index contributed by atoms with van der Waals surface area (Å²) in [7, 11) is -2.63. The predicted octanol–water partition coefficient (Wildman–Crippen LogP) is 4.05. The maximum Gasteiger partial charge on any atom is 0.337 e. The van der Waals surface area contributed by atoms with Crippen molar-refractivity contribution in [3.05, 3.63) is 71.1 Å². The molecule has 2 aromatic carbocycles. The number of ether oxygens (including phenoxy) is 1. The molecule has 0 amide bonds. The minimum Gasteiger partial charge on any atom is -0.497 e. The monoisotopic (exact) mass is 436 g/mol. The Balaban J connectivity index is 1.91. The predicted molar refractivity (Wildman–Crippen MR) is 108 cm³/mol. The van der Waals surface area contributed by atoms with Crippen LogP contribution in [0.4, 0.5) is 11.4 Å². The summed E-state index contributed by atoms with van der Waals surface area (Å²) in [5, 5.41) is 12.3. The van der Waals surface area contributed by atoms with Crippen LogP contribution in [0.15, 0.2) is 64.1 Å². The summed E-state index contributed by atoms with van der Waals surface area (Å²) < 4.78 is 38.1. The van der Waals surface area contributed by atoms with Crippen LogP contribution in [0.1, 0.15) is 16.1 Å². The van der Waals surface area contributed by atoms with Crippen molar-refractivity contribution >= 4 is 39.0 Å². The molecule has 0 radical (unpaired) electrons. The largest absolute Gasteiger partial charge is 0.497 e. The van der Waals surface area contributed by atoms with Crippen molar-refractivity contribution in [2.24, 2.45) is 0 Å². The first kappa shape index (κ1) is 20.6. The molecule has 0 saturated carbocycles. The van der Waals surface area contributed by atoms with E-state index in [1.165, 1.54) is 31.6 Å². The van der Waals surface area contributed by atoms with Gasteiger partial charge in [0.25, 0.3) is 10.0 Å². The summed E-state index contributed by atoms with van der Waals surface area (Å²) in [5.74, 6) is -0.161. The van der Waals surface area contributed by atoms with Gasteiger partial charge in [-0.15, -0.1) is 0 Å². The van der Waals surface area contributed by atoms with Crippen LogP contribution in [-0.4, -0.2) is 26.6 Å². The summed E-state index contributed by atoms with van der Waals surface area (Å²) in [5.41, 5.74) is 0.206. The highest BCUT2D eigenvalue weighted by Gasteiger charge is 2.23. The molecule has 0 saturated heterocycles. The Bertz CT molecular complexity index is 1110. The van der Waals surface area contributed by atoms with Crippen LogP contribution in [-0.2, 0) is 16.6 Å². The van der Waals surface area contributed by atoms with Gasteiger partial charge in [0.05, 0.1) is 36.2 Å². The van der Waals surface area contributed by atoms with Gasteiger partial charge in [0, 0.05) is 5.69 Å². The van der Waals surface area contributed by atoms with E-state index in [0.717, 1.165) is 6.07 Å². The smallest absolute Gasteiger partial charge is 0.337 e. The second kappa shape index (κ2) is 8.46. The van der Waals surface area contributed by atoms with Crippen molar-refractivity contribution in [3.8, 4) is 5.75 Å². The number of rotatable bonds is 8. The molecular formula is C19H17ClN2O6S. The average Bonchev–Trinajstić information content (AvgIpc) is 3.20. The third kappa shape index (κ3) is 4.82. The molecule has 3 N–H and O–H groups in total. The summed E-state index contributed by atoms with van der Waals surface area (Å²) in [6.07, 6.45) is 1.49. The Hall–Kier alpha value is -3.17. The summed E-state index contributed by atoms with van der Waals surface area (Å²) in [6.45, 7) is 0.208. The van der Waals surface area contributed by atoms with Gasteiger partial charge < -0.3 is 19.6 Å². The van der Waals surface area contributed by atoms with E-state index in [0.29, 0.717) is 11.5 Å². The van der Waals surface area contributed by atoms with Gasteiger partial charge in [0.15, 0.2) is 0 Å². The molecule has 10 heteroatoms. The molecule has 3 aromatic rings. The molecule has 0 spiro atoms. The molecular weight excluding hydrogens is 420 g/mol. The van der Waals surface area contributed by atoms with Crippen LogP contribution in [0.3, 0.4) is 0 Å². The molecule has 0 fully saturated rings. The van der Waals surface area contributed by atoms with E-state index in [9.17, 15) is 18.3 Å². The van der Waals surface area contributed by atoms with E-state index < -0.39 is 16.0 Å². The number of halogens is 1. The fraction of sp³-hybridized carbons (Fsp3) is 0.105. The van der Waals surface area contributed by atoms with Crippen molar-refractivity contribution in [1.29, 1.82) is 0 Å². The first-order chi connectivity index (χ1) is 13.8. The number of furan rings is 1. The number of nitrogens with one attached hydrogen (secondary N) is 2. The number of anilines is 2. The van der Waals surface area contributed by atoms with E-state index in [1.54, 1.807) is 24.3 Å². The number of carboxylic acid groups (broad SMARTS) is 1. The normalized spacial score (nSPS) is 11.1. The van der Waals surface area contributed by atoms with Gasteiger partial charge in [-0.2, -0.15) is 0 Å². The van der Waals surface area contributed by atoms with E-state index in [-0.39, 0.29) is 33.4 Å². The minimum atomic E-state index is -4.13.